The van der Waals surface area contributed by atoms with Gasteiger partial charge in [0.25, 0.3) is 0 Å². The summed E-state index contributed by atoms with van der Waals surface area (Å²) in [6.45, 7) is 4.86. The number of nitrogens with two attached hydrogens (primary N) is 1. The normalized spacial score (nSPS) is 17.6. The summed E-state index contributed by atoms with van der Waals surface area (Å²) < 4.78 is 0. The number of benzene rings is 1. The Morgan fingerprint density at radius 1 is 1.38 bits per heavy atom. The third-order valence-electron chi connectivity index (χ3n) is 3.85. The summed E-state index contributed by atoms with van der Waals surface area (Å²) in [6, 6.07) is 6.29. The summed E-state index contributed by atoms with van der Waals surface area (Å²) in [4.78, 5) is 3.61. The fourth-order valence-corrected chi connectivity index (χ4v) is 2.81. The molecule has 0 bridgehead atoms. The molecule has 0 spiro atoms. The van der Waals surface area contributed by atoms with E-state index in [-0.39, 0.29) is 0 Å². The minimum absolute atomic E-state index is 0.477. The van der Waals surface area contributed by atoms with Crippen LogP contribution in [0.4, 0.5) is 0 Å². The van der Waals surface area contributed by atoms with Crippen LogP contribution >= 0.6 is 11.6 Å². The molecule has 0 radical (unpaired) electrons. The van der Waals surface area contributed by atoms with E-state index >= 15 is 0 Å². The minimum Gasteiger partial charge on any atom is -0.330 e. The number of fused-ring (bicyclic) bond motifs is 1. The largest absolute Gasteiger partial charge is 0.330 e. The van der Waals surface area contributed by atoms with Crippen LogP contribution in [-0.2, 0) is 6.42 Å². The highest BCUT2D eigenvalue weighted by Gasteiger charge is 2.17. The lowest BCUT2D eigenvalue weighted by Crippen LogP contribution is -2.07. The molecule has 3 heteroatoms. The van der Waals surface area contributed by atoms with Crippen molar-refractivity contribution in [3.05, 3.63) is 46.0 Å². The molecular formula is C18H27ClN2. The number of rotatable bonds is 3. The molecule has 0 heterocycles. The van der Waals surface area contributed by atoms with Crippen molar-refractivity contribution >= 4 is 17.8 Å². The van der Waals surface area contributed by atoms with Crippen molar-refractivity contribution in [2.45, 2.75) is 45.4 Å². The van der Waals surface area contributed by atoms with E-state index in [1.807, 2.05) is 13.0 Å². The molecule has 2 rings (SSSR count). The Balaban J connectivity index is 0.000000491. The predicted molar refractivity (Wildman–Crippen MR) is 94.6 cm³/mol. The van der Waals surface area contributed by atoms with Gasteiger partial charge in [0.2, 0.25) is 0 Å². The van der Waals surface area contributed by atoms with Crippen molar-refractivity contribution in [2.75, 3.05) is 13.6 Å². The predicted octanol–water partition coefficient (Wildman–Crippen LogP) is 4.76. The zero-order chi connectivity index (χ0) is 15.7. The first-order chi connectivity index (χ1) is 10.2. The van der Waals surface area contributed by atoms with Crippen LogP contribution in [0.15, 0.2) is 34.8 Å². The van der Waals surface area contributed by atoms with E-state index in [0.29, 0.717) is 5.92 Å². The van der Waals surface area contributed by atoms with Gasteiger partial charge in [-0.2, -0.15) is 0 Å². The van der Waals surface area contributed by atoms with Gasteiger partial charge in [-0.25, -0.2) is 0 Å². The minimum atomic E-state index is 0.477. The molecule has 1 aliphatic rings. The second kappa shape index (κ2) is 9.75. The highest BCUT2D eigenvalue weighted by atomic mass is 35.5. The van der Waals surface area contributed by atoms with E-state index in [4.69, 9.17) is 17.3 Å². The molecule has 2 nitrogen and oxygen atoms in total. The Hall–Kier alpha value is -1.12. The number of hydrogen-bond donors (Lipinski definition) is 1. The van der Waals surface area contributed by atoms with Crippen LogP contribution < -0.4 is 5.73 Å². The number of halogens is 1. The first-order valence-corrected chi connectivity index (χ1v) is 8.08. The molecule has 0 saturated carbocycles. The van der Waals surface area contributed by atoms with Gasteiger partial charge < -0.3 is 10.7 Å². The average molecular weight is 307 g/mol. The molecule has 1 atom stereocenters. The Bertz CT molecular complexity index is 488. The van der Waals surface area contributed by atoms with Gasteiger partial charge in [0.1, 0.15) is 0 Å². The molecule has 0 aromatic heterocycles. The Morgan fingerprint density at radius 3 is 2.67 bits per heavy atom. The highest BCUT2D eigenvalue weighted by molar-refractivity contribution is 6.30. The average Bonchev–Trinajstić information content (AvgIpc) is 2.67. The smallest absolute Gasteiger partial charge is 0.0408 e. The van der Waals surface area contributed by atoms with Crippen LogP contribution in [-0.4, -0.2) is 19.8 Å². The lowest BCUT2D eigenvalue weighted by molar-refractivity contribution is 0.740. The van der Waals surface area contributed by atoms with Crippen molar-refractivity contribution in [3.63, 3.8) is 0 Å². The molecule has 0 amide bonds. The van der Waals surface area contributed by atoms with Crippen LogP contribution in [0.25, 0.3) is 0 Å². The first-order valence-electron chi connectivity index (χ1n) is 7.70. The van der Waals surface area contributed by atoms with E-state index in [2.05, 4.69) is 30.1 Å². The molecule has 0 saturated heterocycles. The lowest BCUT2D eigenvalue weighted by atomic mass is 9.91. The van der Waals surface area contributed by atoms with E-state index in [1.54, 1.807) is 18.8 Å². The summed E-state index contributed by atoms with van der Waals surface area (Å²) in [5.41, 5.74) is 10.1. The fourth-order valence-electron chi connectivity index (χ4n) is 2.62. The zero-order valence-corrected chi connectivity index (χ0v) is 14.2. The molecule has 0 fully saturated rings. The second-order valence-electron chi connectivity index (χ2n) is 5.22. The number of allylic oxidation sites excluding steroid dienone is 2. The van der Waals surface area contributed by atoms with Gasteiger partial charge in [-0.15, -0.1) is 0 Å². The fraction of sp³-hybridized carbons (Fsp3) is 0.500. The monoisotopic (exact) mass is 306 g/mol. The van der Waals surface area contributed by atoms with Gasteiger partial charge in [0.05, 0.1) is 0 Å². The lowest BCUT2D eigenvalue weighted by Gasteiger charge is -2.15. The summed E-state index contributed by atoms with van der Waals surface area (Å²) in [5, 5.41) is 0.843. The van der Waals surface area contributed by atoms with Gasteiger partial charge >= 0.3 is 0 Å². The number of nitrogens with zero attached hydrogens (tertiary/aromatic N) is 1. The number of hydrogen-bond acceptors (Lipinski definition) is 2. The van der Waals surface area contributed by atoms with Gasteiger partial charge in [0.15, 0.2) is 0 Å². The third kappa shape index (κ3) is 5.64. The standard InChI is InChI=1S/C15H20ClN.C3H7N/c1-2-11-3-4-12-10-14(16)5-6-15(12)13(9-11)7-8-17;1-3-4-2/h5-6,9-10,13H,2-4,7-8,17H2,1H3;3H,1-2H3. The zero-order valence-electron chi connectivity index (χ0n) is 13.4. The van der Waals surface area contributed by atoms with E-state index < -0.39 is 0 Å². The SMILES string of the molecule is CC=NC.CCC1=CC(CCN)c2ccc(Cl)cc2CC1. The van der Waals surface area contributed by atoms with Gasteiger partial charge in [-0.1, -0.05) is 36.2 Å². The van der Waals surface area contributed by atoms with Crippen LogP contribution in [0, 0.1) is 0 Å². The van der Waals surface area contributed by atoms with Crippen molar-refractivity contribution in [2.24, 2.45) is 10.7 Å². The van der Waals surface area contributed by atoms with E-state index in [0.717, 1.165) is 37.3 Å². The third-order valence-corrected chi connectivity index (χ3v) is 4.08. The van der Waals surface area contributed by atoms with Crippen molar-refractivity contribution in [3.8, 4) is 0 Å². The molecule has 1 aromatic rings. The molecule has 116 valence electrons. The van der Waals surface area contributed by atoms with Crippen LogP contribution in [0.5, 0.6) is 0 Å². The number of aliphatic imine (C=N–C) groups is 1. The van der Waals surface area contributed by atoms with E-state index in [1.165, 1.54) is 11.1 Å². The maximum Gasteiger partial charge on any atom is 0.0408 e. The Labute approximate surface area is 134 Å². The molecule has 21 heavy (non-hydrogen) atoms. The van der Waals surface area contributed by atoms with Crippen molar-refractivity contribution in [1.82, 2.24) is 0 Å². The van der Waals surface area contributed by atoms with Crippen LogP contribution in [0.3, 0.4) is 0 Å². The molecule has 2 N–H and O–H groups in total. The van der Waals surface area contributed by atoms with Gasteiger partial charge in [0, 0.05) is 18.0 Å². The summed E-state index contributed by atoms with van der Waals surface area (Å²) in [6.07, 6.45) is 8.61. The van der Waals surface area contributed by atoms with Crippen molar-refractivity contribution in [1.29, 1.82) is 0 Å². The quantitative estimate of drug-likeness (QED) is 0.634. The summed E-state index contributed by atoms with van der Waals surface area (Å²) >= 11 is 6.08. The second-order valence-corrected chi connectivity index (χ2v) is 5.66. The topological polar surface area (TPSA) is 38.4 Å². The van der Waals surface area contributed by atoms with Gasteiger partial charge in [-0.05, 0) is 68.6 Å². The maximum absolute atomic E-state index is 6.08. The van der Waals surface area contributed by atoms with Crippen LogP contribution in [0.2, 0.25) is 5.02 Å². The Kier molecular flexibility index (Phi) is 8.33. The van der Waals surface area contributed by atoms with E-state index in [9.17, 15) is 0 Å². The first kappa shape index (κ1) is 17.9. The molecular weight excluding hydrogens is 280 g/mol. The Morgan fingerprint density at radius 2 is 2.10 bits per heavy atom. The van der Waals surface area contributed by atoms with Crippen molar-refractivity contribution < 1.29 is 0 Å². The summed E-state index contributed by atoms with van der Waals surface area (Å²) in [5.74, 6) is 0.477. The maximum atomic E-state index is 6.08. The molecule has 1 aromatic carbocycles. The van der Waals surface area contributed by atoms with Crippen LogP contribution in [0.1, 0.15) is 50.2 Å². The molecule has 0 aliphatic heterocycles. The molecule has 1 unspecified atom stereocenters. The highest BCUT2D eigenvalue weighted by Crippen LogP contribution is 2.33. The van der Waals surface area contributed by atoms with Gasteiger partial charge in [-0.3, -0.25) is 0 Å². The number of aryl methyl sites for hydroxylation is 1. The summed E-state index contributed by atoms with van der Waals surface area (Å²) in [7, 11) is 1.75. The molecule has 1 aliphatic carbocycles.